The summed E-state index contributed by atoms with van der Waals surface area (Å²) in [6, 6.07) is 0.247. The zero-order chi connectivity index (χ0) is 26.9. The largest absolute Gasteiger partial charge is 0.417 e. The van der Waals surface area contributed by atoms with Gasteiger partial charge in [-0.1, -0.05) is 12.1 Å². The lowest BCUT2D eigenvalue weighted by Crippen LogP contribution is -2.78. The van der Waals surface area contributed by atoms with Gasteiger partial charge in [0.1, 0.15) is 12.1 Å². The lowest BCUT2D eigenvalue weighted by atomic mass is 9.84. The second-order valence-electron chi connectivity index (χ2n) is 9.21. The van der Waals surface area contributed by atoms with E-state index in [0.717, 1.165) is 23.1 Å². The van der Waals surface area contributed by atoms with E-state index in [-0.39, 0.29) is 37.9 Å². The van der Waals surface area contributed by atoms with Crippen molar-refractivity contribution < 1.29 is 37.8 Å². The van der Waals surface area contributed by atoms with Crippen LogP contribution in [-0.2, 0) is 15.8 Å². The number of hydrogen-bond donors (Lipinski definition) is 6. The zero-order valence-electron chi connectivity index (χ0n) is 19.1. The van der Waals surface area contributed by atoms with Gasteiger partial charge < -0.3 is 37.2 Å². The molecule has 0 bridgehead atoms. The fourth-order valence-electron chi connectivity index (χ4n) is 5.41. The number of likely N-dealkylation sites (tertiary alicyclic amines) is 1. The van der Waals surface area contributed by atoms with E-state index in [1.807, 2.05) is 0 Å². The maximum absolute atomic E-state index is 13.4. The van der Waals surface area contributed by atoms with Gasteiger partial charge in [-0.3, -0.25) is 19.3 Å². The van der Waals surface area contributed by atoms with E-state index in [1.54, 1.807) is 0 Å². The summed E-state index contributed by atoms with van der Waals surface area (Å²) in [6.07, 6.45) is -4.79. The number of aliphatic imine (C=N–C) groups is 2. The zero-order valence-corrected chi connectivity index (χ0v) is 19.1. The second kappa shape index (κ2) is 8.04. The number of alkyl halides is 3. The number of rotatable bonds is 4. The van der Waals surface area contributed by atoms with Gasteiger partial charge in [-0.25, -0.2) is 9.98 Å². The Morgan fingerprint density at radius 3 is 2.46 bits per heavy atom. The number of halogens is 3. The van der Waals surface area contributed by atoms with Gasteiger partial charge in [0.05, 0.1) is 23.7 Å². The maximum atomic E-state index is 13.4. The van der Waals surface area contributed by atoms with Crippen molar-refractivity contribution >= 4 is 29.6 Å². The number of nitrogens with two attached hydrogens (primary N) is 2. The Labute approximate surface area is 207 Å². The first kappa shape index (κ1) is 24.8. The molecule has 0 saturated carbocycles. The molecule has 8 N–H and O–H groups in total. The van der Waals surface area contributed by atoms with Crippen LogP contribution in [0.2, 0.25) is 0 Å². The molecule has 5 rings (SSSR count). The molecule has 0 aliphatic carbocycles. The molecule has 4 atom stereocenters. The van der Waals surface area contributed by atoms with Crippen LogP contribution in [0.5, 0.6) is 0 Å². The third-order valence-corrected chi connectivity index (χ3v) is 7.11. The Balaban J connectivity index is 1.47. The van der Waals surface area contributed by atoms with Crippen LogP contribution in [0.25, 0.3) is 0 Å². The number of aliphatic hydroxyl groups is 2. The molecule has 4 unspecified atom stereocenters. The Hall–Kier alpha value is -3.92. The van der Waals surface area contributed by atoms with E-state index in [0.29, 0.717) is 0 Å². The molecule has 37 heavy (non-hydrogen) atoms. The fourth-order valence-corrected chi connectivity index (χ4v) is 5.41. The van der Waals surface area contributed by atoms with Crippen LogP contribution in [0.3, 0.4) is 0 Å². The summed E-state index contributed by atoms with van der Waals surface area (Å²) in [5.41, 5.74) is 8.09. The number of nitrogens with zero attached hydrogens (tertiary/aromatic N) is 4. The summed E-state index contributed by atoms with van der Waals surface area (Å²) in [6.45, 7) is -0.647. The Bertz CT molecular complexity index is 1230. The predicted molar refractivity (Wildman–Crippen MR) is 119 cm³/mol. The normalized spacial score (nSPS) is 30.5. The Kier molecular flexibility index (Phi) is 5.38. The highest BCUT2D eigenvalue weighted by atomic mass is 19.4. The van der Waals surface area contributed by atoms with Crippen LogP contribution in [0.15, 0.2) is 34.3 Å². The van der Waals surface area contributed by atoms with Crippen LogP contribution >= 0.6 is 0 Å². The molecule has 13 nitrogen and oxygen atoms in total. The lowest BCUT2D eigenvalue weighted by Gasteiger charge is -2.49. The van der Waals surface area contributed by atoms with Gasteiger partial charge in [0, 0.05) is 19.4 Å². The van der Waals surface area contributed by atoms with Crippen molar-refractivity contribution in [3.63, 3.8) is 0 Å². The number of hydrogen-bond acceptors (Lipinski definition) is 11. The third kappa shape index (κ3) is 3.58. The number of carbonyl (C=O) groups excluding carboxylic acids is 3. The average molecular weight is 524 g/mol. The Morgan fingerprint density at radius 1 is 1.16 bits per heavy atom. The first-order valence-corrected chi connectivity index (χ1v) is 11.2. The van der Waals surface area contributed by atoms with Crippen LogP contribution in [0.1, 0.15) is 28.8 Å². The predicted octanol–water partition coefficient (Wildman–Crippen LogP) is -2.37. The number of carbonyl (C=O) groups is 3. The quantitative estimate of drug-likeness (QED) is 0.184. The molecule has 4 aliphatic heterocycles. The molecule has 0 radical (unpaired) electrons. The first-order valence-electron chi connectivity index (χ1n) is 11.2. The average Bonchev–Trinajstić information content (AvgIpc) is 3.41. The second-order valence-corrected chi connectivity index (χ2v) is 9.21. The van der Waals surface area contributed by atoms with Crippen molar-refractivity contribution in [3.05, 3.63) is 35.4 Å². The van der Waals surface area contributed by atoms with Gasteiger partial charge in [-0.05, 0) is 12.1 Å². The maximum Gasteiger partial charge on any atom is 0.417 e. The lowest BCUT2D eigenvalue weighted by molar-refractivity contribution is -0.230. The van der Waals surface area contributed by atoms with Gasteiger partial charge in [0.25, 0.3) is 5.91 Å². The number of imide groups is 1. The van der Waals surface area contributed by atoms with E-state index in [2.05, 4.69) is 20.6 Å². The van der Waals surface area contributed by atoms with Crippen molar-refractivity contribution in [2.24, 2.45) is 21.5 Å². The summed E-state index contributed by atoms with van der Waals surface area (Å²) in [7, 11) is 0. The minimum atomic E-state index is -4.83. The third-order valence-electron chi connectivity index (χ3n) is 7.11. The molecule has 4 heterocycles. The molecule has 16 heteroatoms. The van der Waals surface area contributed by atoms with E-state index in [1.165, 1.54) is 11.0 Å². The monoisotopic (exact) mass is 524 g/mol. The van der Waals surface area contributed by atoms with Crippen molar-refractivity contribution in [1.29, 1.82) is 0 Å². The topological polar surface area (TPSA) is 199 Å². The van der Waals surface area contributed by atoms with Gasteiger partial charge in [-0.15, -0.1) is 0 Å². The summed E-state index contributed by atoms with van der Waals surface area (Å²) >= 11 is 0. The summed E-state index contributed by atoms with van der Waals surface area (Å²) in [5.74, 6) is -5.44. The molecule has 198 valence electrons. The molecule has 2 fully saturated rings. The van der Waals surface area contributed by atoms with Crippen LogP contribution in [0, 0.1) is 0 Å². The highest BCUT2D eigenvalue weighted by Gasteiger charge is 2.73. The van der Waals surface area contributed by atoms with E-state index in [4.69, 9.17) is 11.5 Å². The van der Waals surface area contributed by atoms with Crippen molar-refractivity contribution in [3.8, 4) is 0 Å². The van der Waals surface area contributed by atoms with Crippen molar-refractivity contribution in [1.82, 2.24) is 20.4 Å². The SMILES string of the molecule is NC1=NC2C(CN3C(=O)CCC3=O)N=C(N)N3CC(NC(=O)c4ccccc4C(F)(F)F)C(O)(O)C23N1. The molecule has 3 amide bonds. The standard InChI is InChI=1S/C21H23F3N8O5/c22-21(23,24)10-4-2-1-3-9(10)16(35)28-12-8-32-18(26)27-11(7-31-13(33)5-6-14(31)34)15-19(32,20(12,36)37)30-17(25)29-15/h1-4,11-12,15,36-37H,5-8H2,(H2,26,27)(H,28,35)(H3,25,29,30). The molecule has 4 aliphatic rings. The van der Waals surface area contributed by atoms with E-state index in [9.17, 15) is 37.8 Å². The number of amides is 3. The minimum Gasteiger partial charge on any atom is -0.370 e. The molecule has 1 spiro atoms. The van der Waals surface area contributed by atoms with E-state index >= 15 is 0 Å². The summed E-state index contributed by atoms with van der Waals surface area (Å²) < 4.78 is 40.3. The smallest absolute Gasteiger partial charge is 0.370 e. The molecular formula is C21H23F3N8O5. The first-order chi connectivity index (χ1) is 17.3. The van der Waals surface area contributed by atoms with Gasteiger partial charge in [0.2, 0.25) is 17.6 Å². The van der Waals surface area contributed by atoms with Crippen LogP contribution in [-0.4, -0.2) is 92.3 Å². The Morgan fingerprint density at radius 2 is 1.81 bits per heavy atom. The molecular weight excluding hydrogens is 501 g/mol. The van der Waals surface area contributed by atoms with Crippen molar-refractivity contribution in [2.45, 2.75) is 48.6 Å². The number of guanidine groups is 2. The molecule has 0 aromatic heterocycles. The number of benzene rings is 1. The summed E-state index contributed by atoms with van der Waals surface area (Å²) in [4.78, 5) is 47.9. The van der Waals surface area contributed by atoms with Gasteiger partial charge >= 0.3 is 6.18 Å². The van der Waals surface area contributed by atoms with Crippen LogP contribution in [0.4, 0.5) is 13.2 Å². The van der Waals surface area contributed by atoms with Gasteiger partial charge in [0.15, 0.2) is 17.6 Å². The van der Waals surface area contributed by atoms with Gasteiger partial charge in [-0.2, -0.15) is 13.2 Å². The molecule has 2 saturated heterocycles. The molecule has 1 aromatic carbocycles. The highest BCUT2D eigenvalue weighted by Crippen LogP contribution is 2.45. The van der Waals surface area contributed by atoms with Crippen LogP contribution < -0.4 is 22.1 Å². The number of nitrogens with one attached hydrogen (secondary N) is 2. The highest BCUT2D eigenvalue weighted by molar-refractivity contribution is 6.02. The fraction of sp³-hybridized carbons (Fsp3) is 0.476. The van der Waals surface area contributed by atoms with Crippen molar-refractivity contribution in [2.75, 3.05) is 13.1 Å². The summed E-state index contributed by atoms with van der Waals surface area (Å²) in [5, 5.41) is 27.7. The minimum absolute atomic E-state index is 0.0216. The molecule has 1 aromatic rings. The van der Waals surface area contributed by atoms with E-state index < -0.39 is 64.6 Å².